The molecule has 2 aliphatic carbocycles. The summed E-state index contributed by atoms with van der Waals surface area (Å²) in [5.74, 6) is 4.12. The number of para-hydroxylation sites is 3. The Balaban J connectivity index is 0.000000122. The molecule has 9 aromatic heterocycles. The van der Waals surface area contributed by atoms with Gasteiger partial charge in [-0.2, -0.15) is 15.3 Å². The molecule has 2 saturated carbocycles. The van der Waals surface area contributed by atoms with Gasteiger partial charge in [0.25, 0.3) is 0 Å². The fourth-order valence-corrected chi connectivity index (χ4v) is 15.9. The van der Waals surface area contributed by atoms with E-state index in [0.29, 0.717) is 12.4 Å². The summed E-state index contributed by atoms with van der Waals surface area (Å²) in [6, 6.07) is 62.1. The number of aliphatic hydroxyl groups is 2. The molecular weight excluding hydrogens is 1410 g/mol. The summed E-state index contributed by atoms with van der Waals surface area (Å²) in [5.41, 5.74) is 25.6. The maximum atomic E-state index is 9.72. The van der Waals surface area contributed by atoms with Crippen LogP contribution >= 0.6 is 15.9 Å². The van der Waals surface area contributed by atoms with Crippen LogP contribution in [0.1, 0.15) is 56.7 Å². The first kappa shape index (κ1) is 73.9. The van der Waals surface area contributed by atoms with Crippen molar-refractivity contribution in [3.63, 3.8) is 0 Å². The Morgan fingerprint density at radius 3 is 1.33 bits per heavy atom. The highest BCUT2D eigenvalue weighted by Gasteiger charge is 2.25. The second-order valence-electron chi connectivity index (χ2n) is 28.7. The molecule has 550 valence electrons. The van der Waals surface area contributed by atoms with Crippen LogP contribution in [0.4, 0.5) is 0 Å². The van der Waals surface area contributed by atoms with E-state index >= 15 is 0 Å². The maximum absolute atomic E-state index is 9.72. The van der Waals surface area contributed by atoms with E-state index in [1.54, 1.807) is 0 Å². The molecule has 2 aliphatic rings. The quantitative estimate of drug-likeness (QED) is 0.0269. The molecule has 2 fully saturated rings. The molecule has 20 nitrogen and oxygen atoms in total. The Bertz CT molecular complexity index is 6380. The van der Waals surface area contributed by atoms with Gasteiger partial charge < -0.3 is 41.5 Å². The molecule has 0 amide bonds. The van der Waals surface area contributed by atoms with Crippen LogP contribution in [0.15, 0.2) is 219 Å². The van der Waals surface area contributed by atoms with Gasteiger partial charge in [0.1, 0.15) is 32.2 Å². The number of nitrogens with zero attached hydrogens (tertiary/aromatic N) is 11. The van der Waals surface area contributed by atoms with Gasteiger partial charge in [-0.25, -0.2) is 15.0 Å². The third-order valence-electron chi connectivity index (χ3n) is 20.6. The molecule has 9 heterocycles. The number of imidazole rings is 3. The van der Waals surface area contributed by atoms with Gasteiger partial charge in [0.15, 0.2) is 17.5 Å². The van der Waals surface area contributed by atoms with E-state index in [0.717, 1.165) is 199 Å². The first-order chi connectivity index (χ1) is 53.9. The number of fused-ring (bicyclic) bond motifs is 9. The predicted molar refractivity (Wildman–Crippen MR) is 458 cm³/mol. The molecule has 10 N–H and O–H groups in total. The van der Waals surface area contributed by atoms with Crippen LogP contribution < -0.4 is 16.4 Å². The highest BCUT2D eigenvalue weighted by molar-refractivity contribution is 7.80. The third kappa shape index (κ3) is 15.3. The fraction of sp³-hybridized carbons (Fsp3) is 0.207. The Kier molecular flexibility index (Phi) is 21.6. The monoisotopic (exact) mass is 1500 g/mol. The maximum Gasteiger partial charge on any atom is 0.159 e. The van der Waals surface area contributed by atoms with E-state index in [2.05, 4.69) is 178 Å². The van der Waals surface area contributed by atoms with E-state index in [4.69, 9.17) is 46.0 Å². The molecule has 0 spiro atoms. The Hall–Kier alpha value is -11.2. The van der Waals surface area contributed by atoms with Crippen LogP contribution in [0.5, 0.6) is 0 Å². The molecule has 20 rings (SSSR count). The normalized spacial score (nSPS) is 13.7. The Morgan fingerprint density at radius 2 is 0.901 bits per heavy atom. The molecule has 0 bridgehead atoms. The van der Waals surface area contributed by atoms with Crippen molar-refractivity contribution in [2.24, 2.45) is 23.5 Å². The predicted octanol–water partition coefficient (Wildman–Crippen LogP) is 17.5. The van der Waals surface area contributed by atoms with E-state index in [9.17, 15) is 10.2 Å². The first-order valence-corrected chi connectivity index (χ1v) is 40.8. The van der Waals surface area contributed by atoms with E-state index in [1.165, 1.54) is 42.0 Å². The van der Waals surface area contributed by atoms with Gasteiger partial charge in [0, 0.05) is 118 Å². The van der Waals surface area contributed by atoms with Crippen LogP contribution in [-0.2, 0) is 19.7 Å². The number of benzene rings is 9. The second kappa shape index (κ2) is 32.4. The zero-order valence-electron chi connectivity index (χ0n) is 61.2. The molecule has 24 heteroatoms. The van der Waals surface area contributed by atoms with E-state index < -0.39 is 15.9 Å². The van der Waals surface area contributed by atoms with E-state index in [1.807, 2.05) is 121 Å². The fourth-order valence-electron chi connectivity index (χ4n) is 14.4. The molecule has 3 unspecified atom stereocenters. The van der Waals surface area contributed by atoms with Gasteiger partial charge >= 0.3 is 0 Å². The lowest BCUT2D eigenvalue weighted by atomic mass is 9.99. The second-order valence-corrected chi connectivity index (χ2v) is 31.7. The van der Waals surface area contributed by atoms with Crippen molar-refractivity contribution in [2.45, 2.75) is 59.7 Å². The lowest BCUT2D eigenvalue weighted by molar-refractivity contribution is 0.233. The Morgan fingerprint density at radius 1 is 0.477 bits per heavy atom. The van der Waals surface area contributed by atoms with Crippen molar-refractivity contribution in [3.8, 4) is 67.9 Å². The van der Waals surface area contributed by atoms with Crippen molar-refractivity contribution in [1.29, 1.82) is 0 Å². The molecule has 4 radical (unpaired) electrons. The SMILES string of the molecule is C.CC(CO)CNCc1cccc2[nH]c(-c3n[nH]c4ccc(-c5cncc6ccccc56)cc34)nc12.NCC1CC1.[B]P(C)n1nc(-c2nc3c(CNCC4CC4)cccc3[nH]2)c2cc(-c3cncc4ccccc34)ccc21.[B]P(C)n1nc(-c2nc3c(CO)cccc3[nH]2)c2cc(-c3cncc4ccccc34)ccc21. The molecule has 18 aromatic rings. The zero-order valence-corrected chi connectivity index (χ0v) is 63.0. The molecule has 3 atom stereocenters. The minimum Gasteiger partial charge on any atom is -0.396 e. The molecule has 0 saturated heterocycles. The van der Waals surface area contributed by atoms with Crippen molar-refractivity contribution in [1.82, 2.24) is 84.8 Å². The van der Waals surface area contributed by atoms with Gasteiger partial charge in [-0.05, 0) is 184 Å². The number of hydrogen-bond donors (Lipinski definition) is 9. The standard InChI is InChI=1S/C29H26BN6P.C28H26N6O.C25H19BN5OP.C4H9N.CH4/c1-37(30)36-26-12-11-19(24-17-32-15-20-5-2-3-7-22(20)24)13-23(26)28(35-36)29-33-25-8-4-6-21(27(25)34-29)16-31-14-18-9-10-18;1-17(16-35)12-29-14-20-6-4-8-25-26(20)32-28(31-25)27-22-11-18(9-10-24(22)33-34-27)23-15-30-13-19-5-2-3-7-21(19)23;1-33(26)31-22-10-9-15(20-13-27-12-16-5-2-3-7-18(16)20)11-19(22)24(30-31)25-28-21-8-4-6-17(14-32)23(21)29-25;5-3-4-1-2-4;/h2-8,11-13,15,17-18,31H,9-10,14,16H2,1H3,(H,33,34);2-11,13,15,17,29,35H,12,14,16H2,1H3,(H,31,32)(H,33,34);2-13,32H,14H2,1H3,(H,28,29);4H,1-3,5H2;1H4. The van der Waals surface area contributed by atoms with E-state index in [-0.39, 0.29) is 26.6 Å². The topological polar surface area (TPSA) is 280 Å². The zero-order chi connectivity index (χ0) is 74.9. The third-order valence-corrected chi connectivity index (χ3v) is 22.5. The number of rotatable bonds is 19. The van der Waals surface area contributed by atoms with Crippen molar-refractivity contribution >= 4 is 129 Å². The molecule has 111 heavy (non-hydrogen) atoms. The van der Waals surface area contributed by atoms with Gasteiger partial charge in [-0.15, -0.1) is 0 Å². The molecule has 9 aromatic carbocycles. The minimum atomic E-state index is -0.979. The van der Waals surface area contributed by atoms with Crippen LogP contribution in [-0.4, -0.2) is 139 Å². The summed E-state index contributed by atoms with van der Waals surface area (Å²) >= 11 is 0. The van der Waals surface area contributed by atoms with Crippen LogP contribution in [0, 0.1) is 17.8 Å². The number of nitrogens with one attached hydrogen (secondary N) is 6. The lowest BCUT2D eigenvalue weighted by Crippen LogP contribution is -2.22. The first-order valence-electron chi connectivity index (χ1n) is 37.2. The minimum absolute atomic E-state index is 0. The average molecular weight is 1500 g/mol. The van der Waals surface area contributed by atoms with Crippen LogP contribution in [0.25, 0.3) is 166 Å². The van der Waals surface area contributed by atoms with Crippen molar-refractivity contribution < 1.29 is 10.2 Å². The Labute approximate surface area is 647 Å². The van der Waals surface area contributed by atoms with Gasteiger partial charge in [-0.1, -0.05) is 142 Å². The highest BCUT2D eigenvalue weighted by Crippen LogP contribution is 2.43. The van der Waals surface area contributed by atoms with Gasteiger partial charge in [0.2, 0.25) is 0 Å². The number of aliphatic hydroxyl groups excluding tert-OH is 2. The summed E-state index contributed by atoms with van der Waals surface area (Å²) in [5, 5.41) is 53.4. The summed E-state index contributed by atoms with van der Waals surface area (Å²) in [7, 11) is 10.8. The number of nitrogens with two attached hydrogens (primary N) is 1. The lowest BCUT2D eigenvalue weighted by Gasteiger charge is -2.09. The van der Waals surface area contributed by atoms with Crippen molar-refractivity contribution in [2.75, 3.05) is 39.6 Å². The summed E-state index contributed by atoms with van der Waals surface area (Å²) in [6.07, 6.45) is 16.9. The summed E-state index contributed by atoms with van der Waals surface area (Å²) in [4.78, 5) is 38.6. The van der Waals surface area contributed by atoms with Crippen molar-refractivity contribution in [3.05, 3.63) is 236 Å². The van der Waals surface area contributed by atoms with Gasteiger partial charge in [0.05, 0.1) is 56.3 Å². The van der Waals surface area contributed by atoms with Crippen LogP contribution in [0.3, 0.4) is 0 Å². The average Bonchev–Trinajstić information content (AvgIpc) is 1.58. The summed E-state index contributed by atoms with van der Waals surface area (Å²) < 4.78 is 3.82. The number of aromatic nitrogens is 15. The largest absolute Gasteiger partial charge is 0.396 e. The number of aromatic amines is 4. The molecular formula is C87H84B2N18O2P2. The molecule has 0 aliphatic heterocycles. The number of hydrogen-bond acceptors (Lipinski definition) is 14. The number of pyridine rings is 3. The van der Waals surface area contributed by atoms with Gasteiger partial charge in [-0.3, -0.25) is 29.0 Å². The highest BCUT2D eigenvalue weighted by atomic mass is 31.1. The smallest absolute Gasteiger partial charge is 0.159 e. The number of H-pyrrole nitrogens is 4. The van der Waals surface area contributed by atoms with Crippen LogP contribution in [0.2, 0.25) is 0 Å². The summed E-state index contributed by atoms with van der Waals surface area (Å²) in [6.45, 7) is 10.3.